The lowest BCUT2D eigenvalue weighted by molar-refractivity contribution is -0.137. The third kappa shape index (κ3) is 4.30. The Morgan fingerprint density at radius 1 is 1.00 bits per heavy atom. The molecule has 0 atom stereocenters. The molecule has 2 heterocycles. The van der Waals surface area contributed by atoms with Crippen LogP contribution in [0.15, 0.2) is 73.2 Å². The predicted octanol–water partition coefficient (Wildman–Crippen LogP) is 4.82. The normalized spacial score (nSPS) is 11.4. The highest BCUT2D eigenvalue weighted by molar-refractivity contribution is 6.06. The van der Waals surface area contributed by atoms with E-state index >= 15 is 0 Å². The first-order chi connectivity index (χ1) is 14.8. The SMILES string of the molecule is Cn1ccc(-c2cc(C(=O)Nc3nccnc3-c3ccccc3)ccc2C(F)(F)F)n1. The van der Waals surface area contributed by atoms with Gasteiger partial charge in [0.25, 0.3) is 5.91 Å². The fourth-order valence-electron chi connectivity index (χ4n) is 3.12. The minimum absolute atomic E-state index is 0.0401. The summed E-state index contributed by atoms with van der Waals surface area (Å²) in [4.78, 5) is 21.3. The van der Waals surface area contributed by atoms with E-state index in [-0.39, 0.29) is 22.6 Å². The summed E-state index contributed by atoms with van der Waals surface area (Å²) in [6, 6.07) is 13.8. The number of aromatic nitrogens is 4. The molecule has 0 saturated heterocycles. The molecule has 0 aliphatic rings. The second-order valence-corrected chi connectivity index (χ2v) is 6.71. The summed E-state index contributed by atoms with van der Waals surface area (Å²) in [5.41, 5.74) is 0.309. The molecule has 0 aliphatic heterocycles. The number of benzene rings is 2. The van der Waals surface area contributed by atoms with Gasteiger partial charge in [-0.15, -0.1) is 0 Å². The number of aryl methyl sites for hydroxylation is 1. The molecule has 1 amide bonds. The minimum atomic E-state index is -4.59. The zero-order valence-electron chi connectivity index (χ0n) is 16.3. The topological polar surface area (TPSA) is 72.7 Å². The number of halogens is 3. The summed E-state index contributed by atoms with van der Waals surface area (Å²) in [6.45, 7) is 0. The van der Waals surface area contributed by atoms with Crippen LogP contribution in [-0.2, 0) is 13.2 Å². The molecular formula is C22H16F3N5O. The molecule has 6 nitrogen and oxygen atoms in total. The lowest BCUT2D eigenvalue weighted by atomic mass is 10.0. The van der Waals surface area contributed by atoms with E-state index < -0.39 is 17.6 Å². The molecule has 1 N–H and O–H groups in total. The highest BCUT2D eigenvalue weighted by atomic mass is 19.4. The Morgan fingerprint density at radius 2 is 1.74 bits per heavy atom. The molecule has 0 aliphatic carbocycles. The van der Waals surface area contributed by atoms with Crippen LogP contribution in [0.25, 0.3) is 22.5 Å². The predicted molar refractivity (Wildman–Crippen MR) is 109 cm³/mol. The Bertz CT molecular complexity index is 1240. The molecule has 156 valence electrons. The molecular weight excluding hydrogens is 407 g/mol. The van der Waals surface area contributed by atoms with Gasteiger partial charge in [0.05, 0.1) is 11.3 Å². The van der Waals surface area contributed by atoms with E-state index in [4.69, 9.17) is 0 Å². The Balaban J connectivity index is 1.71. The number of nitrogens with one attached hydrogen (secondary N) is 1. The number of nitrogens with zero attached hydrogens (tertiary/aromatic N) is 4. The number of alkyl halides is 3. The molecule has 4 aromatic rings. The maximum absolute atomic E-state index is 13.5. The second kappa shape index (κ2) is 8.02. The highest BCUT2D eigenvalue weighted by Crippen LogP contribution is 2.37. The van der Waals surface area contributed by atoms with Gasteiger partial charge in [-0.3, -0.25) is 14.5 Å². The van der Waals surface area contributed by atoms with Gasteiger partial charge in [0, 0.05) is 42.3 Å². The Kier molecular flexibility index (Phi) is 5.24. The molecule has 2 aromatic heterocycles. The summed E-state index contributed by atoms with van der Waals surface area (Å²) >= 11 is 0. The van der Waals surface area contributed by atoms with E-state index in [9.17, 15) is 18.0 Å². The van der Waals surface area contributed by atoms with E-state index in [1.807, 2.05) is 30.3 Å². The lowest BCUT2D eigenvalue weighted by Crippen LogP contribution is -2.16. The summed E-state index contributed by atoms with van der Waals surface area (Å²) in [7, 11) is 1.60. The lowest BCUT2D eigenvalue weighted by Gasteiger charge is -2.14. The van der Waals surface area contributed by atoms with Gasteiger partial charge in [-0.25, -0.2) is 4.98 Å². The van der Waals surface area contributed by atoms with Crippen LogP contribution in [0.1, 0.15) is 15.9 Å². The van der Waals surface area contributed by atoms with Crippen LogP contribution in [-0.4, -0.2) is 25.7 Å². The Hall–Kier alpha value is -4.01. The van der Waals surface area contributed by atoms with Crippen LogP contribution in [0.2, 0.25) is 0 Å². The number of carbonyl (C=O) groups is 1. The number of carbonyl (C=O) groups excluding carboxylic acids is 1. The van der Waals surface area contributed by atoms with Crippen LogP contribution in [0.5, 0.6) is 0 Å². The zero-order chi connectivity index (χ0) is 22.0. The molecule has 4 rings (SSSR count). The van der Waals surface area contributed by atoms with Crippen molar-refractivity contribution in [2.24, 2.45) is 7.05 Å². The van der Waals surface area contributed by atoms with E-state index in [2.05, 4.69) is 20.4 Å². The third-order valence-corrected chi connectivity index (χ3v) is 4.55. The first kappa shape index (κ1) is 20.3. The average Bonchev–Trinajstić information content (AvgIpc) is 3.20. The van der Waals surface area contributed by atoms with Crippen molar-refractivity contribution in [2.45, 2.75) is 6.18 Å². The molecule has 0 saturated carbocycles. The van der Waals surface area contributed by atoms with Crippen molar-refractivity contribution in [1.82, 2.24) is 19.7 Å². The van der Waals surface area contributed by atoms with Gasteiger partial charge in [-0.05, 0) is 24.3 Å². The molecule has 0 bridgehead atoms. The van der Waals surface area contributed by atoms with Gasteiger partial charge in [-0.1, -0.05) is 30.3 Å². The van der Waals surface area contributed by atoms with E-state index in [1.54, 1.807) is 7.05 Å². The largest absolute Gasteiger partial charge is 0.417 e. The van der Waals surface area contributed by atoms with Crippen LogP contribution in [0.4, 0.5) is 19.0 Å². The Labute approximate surface area is 175 Å². The van der Waals surface area contributed by atoms with Crippen molar-refractivity contribution in [1.29, 1.82) is 0 Å². The van der Waals surface area contributed by atoms with Crippen molar-refractivity contribution in [3.05, 3.63) is 84.3 Å². The summed E-state index contributed by atoms with van der Waals surface area (Å²) in [5.74, 6) is -0.401. The van der Waals surface area contributed by atoms with Crippen molar-refractivity contribution in [3.8, 4) is 22.5 Å². The second-order valence-electron chi connectivity index (χ2n) is 6.71. The molecule has 9 heteroatoms. The fourth-order valence-corrected chi connectivity index (χ4v) is 3.12. The average molecular weight is 423 g/mol. The first-order valence-electron chi connectivity index (χ1n) is 9.22. The number of hydrogen-bond donors (Lipinski definition) is 1. The number of amides is 1. The summed E-state index contributed by atoms with van der Waals surface area (Å²) in [6.07, 6.45) is -0.134. The van der Waals surface area contributed by atoms with Gasteiger partial charge in [-0.2, -0.15) is 18.3 Å². The molecule has 0 unspecified atom stereocenters. The van der Waals surface area contributed by atoms with E-state index in [0.29, 0.717) is 5.69 Å². The Morgan fingerprint density at radius 3 is 2.42 bits per heavy atom. The van der Waals surface area contributed by atoms with Gasteiger partial charge >= 0.3 is 6.18 Å². The summed E-state index contributed by atoms with van der Waals surface area (Å²) < 4.78 is 41.9. The quantitative estimate of drug-likeness (QED) is 0.511. The molecule has 31 heavy (non-hydrogen) atoms. The smallest absolute Gasteiger partial charge is 0.305 e. The van der Waals surface area contributed by atoms with Gasteiger partial charge in [0.15, 0.2) is 5.82 Å². The van der Waals surface area contributed by atoms with Crippen molar-refractivity contribution in [3.63, 3.8) is 0 Å². The molecule has 2 aromatic carbocycles. The van der Waals surface area contributed by atoms with E-state index in [1.165, 1.54) is 35.4 Å². The molecule has 0 radical (unpaired) electrons. The van der Waals surface area contributed by atoms with Crippen LogP contribution < -0.4 is 5.32 Å². The fraction of sp³-hybridized carbons (Fsp3) is 0.0909. The number of hydrogen-bond acceptors (Lipinski definition) is 4. The van der Waals surface area contributed by atoms with Crippen molar-refractivity contribution in [2.75, 3.05) is 5.32 Å². The highest BCUT2D eigenvalue weighted by Gasteiger charge is 2.34. The van der Waals surface area contributed by atoms with E-state index in [0.717, 1.165) is 17.7 Å². The number of rotatable bonds is 4. The van der Waals surface area contributed by atoms with Gasteiger partial charge < -0.3 is 5.32 Å². The maximum Gasteiger partial charge on any atom is 0.417 e. The standard InChI is InChI=1S/C22H16F3N5O/c1-30-12-9-18(29-30)16-13-15(7-8-17(16)22(23,24)25)21(31)28-20-19(26-10-11-27-20)14-5-3-2-4-6-14/h2-13H,1H3,(H,27,28,31). The van der Waals surface area contributed by atoms with Crippen LogP contribution in [0.3, 0.4) is 0 Å². The van der Waals surface area contributed by atoms with Crippen LogP contribution in [0, 0.1) is 0 Å². The zero-order valence-corrected chi connectivity index (χ0v) is 16.3. The van der Waals surface area contributed by atoms with Crippen molar-refractivity contribution >= 4 is 11.7 Å². The van der Waals surface area contributed by atoms with Gasteiger partial charge in [0.2, 0.25) is 0 Å². The van der Waals surface area contributed by atoms with Gasteiger partial charge in [0.1, 0.15) is 5.69 Å². The third-order valence-electron chi connectivity index (χ3n) is 4.55. The minimum Gasteiger partial charge on any atom is -0.305 e. The van der Waals surface area contributed by atoms with Crippen LogP contribution >= 0.6 is 0 Å². The number of anilines is 1. The molecule has 0 spiro atoms. The monoisotopic (exact) mass is 423 g/mol. The first-order valence-corrected chi connectivity index (χ1v) is 9.22. The maximum atomic E-state index is 13.5. The summed E-state index contributed by atoms with van der Waals surface area (Å²) in [5, 5.41) is 6.70. The van der Waals surface area contributed by atoms with Crippen molar-refractivity contribution < 1.29 is 18.0 Å². The molecule has 0 fully saturated rings.